The number of rotatable bonds is 2. The molecule has 0 unspecified atom stereocenters. The highest BCUT2D eigenvalue weighted by molar-refractivity contribution is 6.00. The van der Waals surface area contributed by atoms with Crippen molar-refractivity contribution in [3.05, 3.63) is 24.3 Å². The third kappa shape index (κ3) is 1.54. The summed E-state index contributed by atoms with van der Waals surface area (Å²) in [6.45, 7) is 0. The number of H-pyrrole nitrogens is 2. The van der Waals surface area contributed by atoms with Crippen LogP contribution in [0.4, 0.5) is 0 Å². The zero-order valence-electron chi connectivity index (χ0n) is 9.24. The number of aromatic amines is 2. The zero-order chi connectivity index (χ0) is 11.8. The molecule has 3 heterocycles. The van der Waals surface area contributed by atoms with Gasteiger partial charge < -0.3 is 15.3 Å². The number of likely N-dealkylation sites (N-methyl/N-ethyl adjacent to an activating group) is 1. The summed E-state index contributed by atoms with van der Waals surface area (Å²) in [5.41, 5.74) is 2.49. The predicted molar refractivity (Wildman–Crippen MR) is 63.5 cm³/mol. The lowest BCUT2D eigenvalue weighted by atomic mass is 10.3. The largest absolute Gasteiger partial charge is 0.359 e. The minimum Gasteiger partial charge on any atom is -0.359 e. The van der Waals surface area contributed by atoms with Crippen molar-refractivity contribution in [2.45, 2.75) is 6.42 Å². The van der Waals surface area contributed by atoms with Gasteiger partial charge in [0.05, 0.1) is 18.1 Å². The predicted octanol–water partition coefficient (Wildman–Crippen LogP) is 0.728. The van der Waals surface area contributed by atoms with Gasteiger partial charge in [0.1, 0.15) is 17.0 Å². The van der Waals surface area contributed by atoms with E-state index in [1.54, 1.807) is 13.2 Å². The van der Waals surface area contributed by atoms with Gasteiger partial charge in [-0.25, -0.2) is 9.97 Å². The number of imidazole rings is 1. The van der Waals surface area contributed by atoms with Crippen molar-refractivity contribution in [1.29, 1.82) is 0 Å². The molecule has 0 fully saturated rings. The molecule has 0 saturated carbocycles. The van der Waals surface area contributed by atoms with E-state index in [1.165, 1.54) is 0 Å². The minimum absolute atomic E-state index is 0.0673. The van der Waals surface area contributed by atoms with E-state index < -0.39 is 0 Å². The fourth-order valence-electron chi connectivity index (χ4n) is 1.85. The molecule has 1 amide bonds. The van der Waals surface area contributed by atoms with Crippen LogP contribution in [-0.2, 0) is 11.2 Å². The summed E-state index contributed by atoms with van der Waals surface area (Å²) < 4.78 is 0. The van der Waals surface area contributed by atoms with Crippen molar-refractivity contribution in [2.75, 3.05) is 7.05 Å². The molecule has 0 spiro atoms. The Morgan fingerprint density at radius 3 is 3.24 bits per heavy atom. The summed E-state index contributed by atoms with van der Waals surface area (Å²) in [5.74, 6) is 0.581. The quantitative estimate of drug-likeness (QED) is 0.605. The third-order valence-corrected chi connectivity index (χ3v) is 2.69. The van der Waals surface area contributed by atoms with Crippen LogP contribution in [0.15, 0.2) is 18.5 Å². The molecule has 0 atom stereocenters. The average molecular weight is 229 g/mol. The summed E-state index contributed by atoms with van der Waals surface area (Å²) in [5, 5.41) is 3.53. The number of aromatic nitrogens is 4. The molecule has 0 bridgehead atoms. The Morgan fingerprint density at radius 1 is 1.53 bits per heavy atom. The van der Waals surface area contributed by atoms with E-state index in [-0.39, 0.29) is 12.3 Å². The lowest BCUT2D eigenvalue weighted by molar-refractivity contribution is -0.120. The van der Waals surface area contributed by atoms with E-state index in [9.17, 15) is 4.79 Å². The maximum Gasteiger partial charge on any atom is 0.227 e. The highest BCUT2D eigenvalue weighted by Gasteiger charge is 2.10. The molecule has 0 aliphatic rings. The standard InChI is InChI=1S/C11H11N5O/c1-12-9(17)4-8-15-7-5-14-11-6(2-3-13-11)10(7)16-8/h2-3,5H,4H2,1H3,(H,12,17)(H,13,14)(H,15,16). The van der Waals surface area contributed by atoms with E-state index in [2.05, 4.69) is 25.3 Å². The summed E-state index contributed by atoms with van der Waals surface area (Å²) in [4.78, 5) is 26.1. The lowest BCUT2D eigenvalue weighted by Gasteiger charge is -1.93. The van der Waals surface area contributed by atoms with E-state index in [0.717, 1.165) is 22.1 Å². The van der Waals surface area contributed by atoms with Crippen molar-refractivity contribution in [1.82, 2.24) is 25.3 Å². The second-order valence-corrected chi connectivity index (χ2v) is 3.79. The number of nitrogens with one attached hydrogen (secondary N) is 3. The van der Waals surface area contributed by atoms with E-state index in [4.69, 9.17) is 0 Å². The van der Waals surface area contributed by atoms with Crippen LogP contribution in [0, 0.1) is 0 Å². The van der Waals surface area contributed by atoms with Gasteiger partial charge >= 0.3 is 0 Å². The second kappa shape index (κ2) is 3.58. The smallest absolute Gasteiger partial charge is 0.227 e. The van der Waals surface area contributed by atoms with Gasteiger partial charge in [0.25, 0.3) is 0 Å². The van der Waals surface area contributed by atoms with Crippen LogP contribution in [0.5, 0.6) is 0 Å². The summed E-state index contributed by atoms with van der Waals surface area (Å²) >= 11 is 0. The van der Waals surface area contributed by atoms with Crippen molar-refractivity contribution in [3.63, 3.8) is 0 Å². The Bertz CT molecular complexity index is 696. The first kappa shape index (κ1) is 9.83. The van der Waals surface area contributed by atoms with Gasteiger partial charge in [0.2, 0.25) is 5.91 Å². The number of carbonyl (C=O) groups excluding carboxylic acids is 1. The van der Waals surface area contributed by atoms with E-state index >= 15 is 0 Å². The van der Waals surface area contributed by atoms with Crippen molar-refractivity contribution < 1.29 is 4.79 Å². The molecular formula is C11H11N5O. The van der Waals surface area contributed by atoms with Crippen LogP contribution in [0.25, 0.3) is 22.1 Å². The van der Waals surface area contributed by atoms with Gasteiger partial charge in [-0.3, -0.25) is 4.79 Å². The van der Waals surface area contributed by atoms with Crippen LogP contribution in [-0.4, -0.2) is 32.9 Å². The molecule has 0 aliphatic carbocycles. The molecule has 0 aromatic carbocycles. The molecule has 3 N–H and O–H groups in total. The van der Waals surface area contributed by atoms with Crippen LogP contribution >= 0.6 is 0 Å². The monoisotopic (exact) mass is 229 g/mol. The van der Waals surface area contributed by atoms with Crippen LogP contribution in [0.2, 0.25) is 0 Å². The van der Waals surface area contributed by atoms with Gasteiger partial charge in [0.15, 0.2) is 0 Å². The molecule has 3 aromatic rings. The molecule has 0 aliphatic heterocycles. The topological polar surface area (TPSA) is 86.5 Å². The number of fused-ring (bicyclic) bond motifs is 3. The van der Waals surface area contributed by atoms with Crippen LogP contribution < -0.4 is 5.32 Å². The Kier molecular flexibility index (Phi) is 2.07. The highest BCUT2D eigenvalue weighted by Crippen LogP contribution is 2.20. The maximum absolute atomic E-state index is 11.3. The SMILES string of the molecule is CNC(=O)Cc1nc2c(cnc3[nH]ccc32)[nH]1. The molecule has 6 nitrogen and oxygen atoms in total. The highest BCUT2D eigenvalue weighted by atomic mass is 16.1. The molecule has 0 radical (unpaired) electrons. The zero-order valence-corrected chi connectivity index (χ0v) is 9.24. The first-order chi connectivity index (χ1) is 8.28. The van der Waals surface area contributed by atoms with Gasteiger partial charge in [-0.05, 0) is 6.07 Å². The normalized spacial score (nSPS) is 11.1. The third-order valence-electron chi connectivity index (χ3n) is 2.69. The van der Waals surface area contributed by atoms with Gasteiger partial charge in [-0.1, -0.05) is 0 Å². The summed E-state index contributed by atoms with van der Waals surface area (Å²) in [6.07, 6.45) is 3.79. The molecule has 86 valence electrons. The Labute approximate surface area is 96.5 Å². The van der Waals surface area contributed by atoms with Crippen molar-refractivity contribution in [3.8, 4) is 0 Å². The molecule has 6 heteroatoms. The fraction of sp³-hybridized carbons (Fsp3) is 0.182. The summed E-state index contributed by atoms with van der Waals surface area (Å²) in [6, 6.07) is 1.93. The molecule has 3 rings (SSSR count). The van der Waals surface area contributed by atoms with Gasteiger partial charge in [0, 0.05) is 18.6 Å². The molecular weight excluding hydrogens is 218 g/mol. The number of amides is 1. The first-order valence-electron chi connectivity index (χ1n) is 5.29. The number of carbonyl (C=O) groups is 1. The number of hydrogen-bond donors (Lipinski definition) is 3. The Morgan fingerprint density at radius 2 is 2.41 bits per heavy atom. The second-order valence-electron chi connectivity index (χ2n) is 3.79. The minimum atomic E-state index is -0.0673. The Hall–Kier alpha value is -2.37. The molecule has 3 aromatic heterocycles. The molecule has 17 heavy (non-hydrogen) atoms. The maximum atomic E-state index is 11.3. The average Bonchev–Trinajstić information content (AvgIpc) is 2.92. The lowest BCUT2D eigenvalue weighted by Crippen LogP contribution is -2.20. The number of hydrogen-bond acceptors (Lipinski definition) is 3. The molecule has 0 saturated heterocycles. The fourth-order valence-corrected chi connectivity index (χ4v) is 1.85. The Balaban J connectivity index is 2.14. The first-order valence-corrected chi connectivity index (χ1v) is 5.29. The number of nitrogens with zero attached hydrogens (tertiary/aromatic N) is 2. The number of pyridine rings is 1. The van der Waals surface area contributed by atoms with E-state index in [0.29, 0.717) is 5.82 Å². The van der Waals surface area contributed by atoms with E-state index in [1.807, 2.05) is 12.3 Å². The van der Waals surface area contributed by atoms with Crippen LogP contribution in [0.3, 0.4) is 0 Å². The van der Waals surface area contributed by atoms with Crippen molar-refractivity contribution in [2.24, 2.45) is 0 Å². The van der Waals surface area contributed by atoms with Crippen LogP contribution in [0.1, 0.15) is 5.82 Å². The van der Waals surface area contributed by atoms with Crippen molar-refractivity contribution >= 4 is 28.0 Å². The summed E-state index contributed by atoms with van der Waals surface area (Å²) in [7, 11) is 1.61. The van der Waals surface area contributed by atoms with Gasteiger partial charge in [-0.15, -0.1) is 0 Å². The van der Waals surface area contributed by atoms with Gasteiger partial charge in [-0.2, -0.15) is 0 Å².